The molecule has 0 radical (unpaired) electrons. The Labute approximate surface area is 235 Å². The Morgan fingerprint density at radius 1 is 0.925 bits per heavy atom. The van der Waals surface area contributed by atoms with Gasteiger partial charge in [-0.1, -0.05) is 91.6 Å². The van der Waals surface area contributed by atoms with Crippen molar-refractivity contribution in [2.75, 3.05) is 6.54 Å². The molecule has 0 aliphatic heterocycles. The van der Waals surface area contributed by atoms with E-state index >= 15 is 0 Å². The summed E-state index contributed by atoms with van der Waals surface area (Å²) in [6.45, 7) is 2.36. The quantitative estimate of drug-likeness (QED) is 0.241. The van der Waals surface area contributed by atoms with Gasteiger partial charge < -0.3 is 15.2 Å². The summed E-state index contributed by atoms with van der Waals surface area (Å²) in [5.41, 5.74) is 5.01. The number of amides is 2. The van der Waals surface area contributed by atoms with Crippen LogP contribution in [0, 0.1) is 12.7 Å². The molecule has 1 saturated carbocycles. The van der Waals surface area contributed by atoms with Gasteiger partial charge in [-0.3, -0.25) is 9.59 Å². The molecule has 40 heavy (non-hydrogen) atoms. The zero-order valence-corrected chi connectivity index (χ0v) is 22.9. The molecule has 0 spiro atoms. The van der Waals surface area contributed by atoms with Crippen LogP contribution in [0.1, 0.15) is 65.3 Å². The van der Waals surface area contributed by atoms with Crippen molar-refractivity contribution < 1.29 is 14.0 Å². The van der Waals surface area contributed by atoms with Gasteiger partial charge in [0.2, 0.25) is 5.91 Å². The van der Waals surface area contributed by atoms with Crippen molar-refractivity contribution in [2.24, 2.45) is 0 Å². The van der Waals surface area contributed by atoms with E-state index in [-0.39, 0.29) is 23.7 Å². The smallest absolute Gasteiger partial charge is 0.271 e. The molecule has 0 bridgehead atoms. The number of halogens is 1. The first-order valence-corrected chi connectivity index (χ1v) is 14.1. The van der Waals surface area contributed by atoms with Crippen LogP contribution in [0.5, 0.6) is 0 Å². The highest BCUT2D eigenvalue weighted by atomic mass is 19.1. The standard InChI is InChI=1S/C34H36FN3O2/c1-24-9-8-10-25(23-24)21-22-38(34(40)31-20-19-30(37-31)26-11-4-2-5-12-26)32(27-15-17-28(35)18-16-27)33(39)36-29-13-6-3-7-14-29/h2,4-5,8-12,15-20,23,29,32,37H,3,6-7,13-14,21-22H2,1H3,(H,36,39). The monoisotopic (exact) mass is 537 g/mol. The highest BCUT2D eigenvalue weighted by Gasteiger charge is 2.34. The fourth-order valence-electron chi connectivity index (χ4n) is 5.57. The Morgan fingerprint density at radius 3 is 2.40 bits per heavy atom. The molecule has 0 saturated heterocycles. The molecule has 5 nitrogen and oxygen atoms in total. The summed E-state index contributed by atoms with van der Waals surface area (Å²) in [6.07, 6.45) is 5.76. The van der Waals surface area contributed by atoms with Crippen molar-refractivity contribution in [1.29, 1.82) is 0 Å². The highest BCUT2D eigenvalue weighted by Crippen LogP contribution is 2.27. The Morgan fingerprint density at radius 2 is 1.68 bits per heavy atom. The largest absolute Gasteiger partial charge is 0.351 e. The molecule has 2 N–H and O–H groups in total. The molecular weight excluding hydrogens is 501 g/mol. The minimum atomic E-state index is -0.900. The Bertz CT molecular complexity index is 1430. The van der Waals surface area contributed by atoms with Gasteiger partial charge in [0.05, 0.1) is 0 Å². The molecule has 1 aliphatic carbocycles. The van der Waals surface area contributed by atoms with E-state index in [9.17, 15) is 14.0 Å². The number of rotatable bonds is 9. The predicted octanol–water partition coefficient (Wildman–Crippen LogP) is 7.00. The molecule has 2 amide bonds. The third-order valence-electron chi connectivity index (χ3n) is 7.68. The summed E-state index contributed by atoms with van der Waals surface area (Å²) in [4.78, 5) is 33.1. The maximum atomic E-state index is 14.2. The van der Waals surface area contributed by atoms with E-state index in [4.69, 9.17) is 0 Å². The number of hydrogen-bond acceptors (Lipinski definition) is 2. The van der Waals surface area contributed by atoms with E-state index in [1.807, 2.05) is 61.5 Å². The number of aromatic amines is 1. The van der Waals surface area contributed by atoms with Crippen LogP contribution in [-0.2, 0) is 11.2 Å². The van der Waals surface area contributed by atoms with Gasteiger partial charge in [0.1, 0.15) is 17.6 Å². The van der Waals surface area contributed by atoms with Crippen LogP contribution in [-0.4, -0.2) is 34.3 Å². The molecule has 1 unspecified atom stereocenters. The van der Waals surface area contributed by atoms with Crippen LogP contribution in [0.2, 0.25) is 0 Å². The van der Waals surface area contributed by atoms with Crippen LogP contribution in [0.15, 0.2) is 91.0 Å². The molecule has 4 aromatic rings. The first-order chi connectivity index (χ1) is 19.5. The van der Waals surface area contributed by atoms with Gasteiger partial charge in [0, 0.05) is 18.3 Å². The number of aryl methyl sites for hydroxylation is 1. The first-order valence-electron chi connectivity index (χ1n) is 14.1. The average molecular weight is 538 g/mol. The zero-order chi connectivity index (χ0) is 27.9. The second-order valence-electron chi connectivity index (χ2n) is 10.7. The highest BCUT2D eigenvalue weighted by molar-refractivity contribution is 5.97. The fourth-order valence-corrected chi connectivity index (χ4v) is 5.57. The first kappa shape index (κ1) is 27.4. The molecule has 1 heterocycles. The number of hydrogen-bond donors (Lipinski definition) is 2. The molecular formula is C34H36FN3O2. The lowest BCUT2D eigenvalue weighted by molar-refractivity contribution is -0.126. The Balaban J connectivity index is 1.50. The maximum Gasteiger partial charge on any atom is 0.271 e. The molecule has 6 heteroatoms. The van der Waals surface area contributed by atoms with Crippen LogP contribution in [0.3, 0.4) is 0 Å². The lowest BCUT2D eigenvalue weighted by Crippen LogP contribution is -2.47. The number of aromatic nitrogens is 1. The molecule has 1 atom stereocenters. The second kappa shape index (κ2) is 12.8. The molecule has 1 aliphatic rings. The summed E-state index contributed by atoms with van der Waals surface area (Å²) in [5, 5.41) is 3.22. The van der Waals surface area contributed by atoms with E-state index in [1.165, 1.54) is 18.6 Å². The number of carbonyl (C=O) groups excluding carboxylic acids is 2. The van der Waals surface area contributed by atoms with Crippen molar-refractivity contribution in [1.82, 2.24) is 15.2 Å². The molecule has 5 rings (SSSR count). The fraction of sp³-hybridized carbons (Fsp3) is 0.294. The number of benzene rings is 3. The van der Waals surface area contributed by atoms with E-state index in [0.717, 1.165) is 48.1 Å². The van der Waals surface area contributed by atoms with Gasteiger partial charge in [0.15, 0.2) is 0 Å². The van der Waals surface area contributed by atoms with Crippen molar-refractivity contribution in [2.45, 2.75) is 57.5 Å². The third-order valence-corrected chi connectivity index (χ3v) is 7.68. The molecule has 1 fully saturated rings. The van der Waals surface area contributed by atoms with Gasteiger partial charge >= 0.3 is 0 Å². The summed E-state index contributed by atoms with van der Waals surface area (Å²) in [5.74, 6) is -0.890. The minimum Gasteiger partial charge on any atom is -0.351 e. The summed E-state index contributed by atoms with van der Waals surface area (Å²) < 4.78 is 13.9. The van der Waals surface area contributed by atoms with Gasteiger partial charge in [-0.25, -0.2) is 4.39 Å². The summed E-state index contributed by atoms with van der Waals surface area (Å²) in [7, 11) is 0. The Hall–Kier alpha value is -4.19. The molecule has 1 aromatic heterocycles. The van der Waals surface area contributed by atoms with Crippen molar-refractivity contribution in [3.05, 3.63) is 119 Å². The average Bonchev–Trinajstić information content (AvgIpc) is 3.47. The lowest BCUT2D eigenvalue weighted by atomic mass is 9.94. The zero-order valence-electron chi connectivity index (χ0n) is 22.9. The van der Waals surface area contributed by atoms with Gasteiger partial charge in [-0.15, -0.1) is 0 Å². The van der Waals surface area contributed by atoms with Crippen molar-refractivity contribution in [3.63, 3.8) is 0 Å². The topological polar surface area (TPSA) is 65.2 Å². The van der Waals surface area contributed by atoms with Gasteiger partial charge in [0.25, 0.3) is 5.91 Å². The van der Waals surface area contributed by atoms with E-state index < -0.39 is 6.04 Å². The second-order valence-corrected chi connectivity index (χ2v) is 10.7. The van der Waals surface area contributed by atoms with Crippen molar-refractivity contribution in [3.8, 4) is 11.3 Å². The van der Waals surface area contributed by atoms with E-state index in [1.54, 1.807) is 23.1 Å². The van der Waals surface area contributed by atoms with E-state index in [2.05, 4.69) is 16.4 Å². The molecule has 3 aromatic carbocycles. The number of nitrogens with one attached hydrogen (secondary N) is 2. The van der Waals surface area contributed by atoms with Crippen LogP contribution in [0.25, 0.3) is 11.3 Å². The normalized spacial score (nSPS) is 14.4. The lowest BCUT2D eigenvalue weighted by Gasteiger charge is -2.33. The minimum absolute atomic E-state index is 0.0769. The Kier molecular flexibility index (Phi) is 8.74. The summed E-state index contributed by atoms with van der Waals surface area (Å²) >= 11 is 0. The number of H-pyrrole nitrogens is 1. The summed E-state index contributed by atoms with van der Waals surface area (Å²) in [6, 6.07) is 26.7. The van der Waals surface area contributed by atoms with Crippen molar-refractivity contribution >= 4 is 11.8 Å². The van der Waals surface area contributed by atoms with E-state index in [0.29, 0.717) is 24.2 Å². The van der Waals surface area contributed by atoms with Gasteiger partial charge in [-0.05, 0) is 67.1 Å². The number of nitrogens with zero attached hydrogens (tertiary/aromatic N) is 1. The SMILES string of the molecule is Cc1cccc(CCN(C(=O)c2ccc(-c3ccccc3)[nH]2)C(C(=O)NC2CCCCC2)c2ccc(F)cc2)c1. The maximum absolute atomic E-state index is 14.2. The third kappa shape index (κ3) is 6.68. The predicted molar refractivity (Wildman–Crippen MR) is 156 cm³/mol. The number of carbonyl (C=O) groups is 2. The van der Waals surface area contributed by atoms with Crippen LogP contribution < -0.4 is 5.32 Å². The van der Waals surface area contributed by atoms with Gasteiger partial charge in [-0.2, -0.15) is 0 Å². The van der Waals surface area contributed by atoms with Crippen LogP contribution >= 0.6 is 0 Å². The van der Waals surface area contributed by atoms with Crippen LogP contribution in [0.4, 0.5) is 4.39 Å². The molecule has 206 valence electrons.